The van der Waals surface area contributed by atoms with E-state index in [-0.39, 0.29) is 17.4 Å². The van der Waals surface area contributed by atoms with E-state index >= 15 is 0 Å². The SMILES string of the molecule is CC(C)Oc1cc(CC(=O)O)cc(C(F)(F)F)c1. The van der Waals surface area contributed by atoms with Gasteiger partial charge in [-0.05, 0) is 37.6 Å². The van der Waals surface area contributed by atoms with E-state index in [1.165, 1.54) is 6.07 Å². The van der Waals surface area contributed by atoms with Gasteiger partial charge in [0.1, 0.15) is 5.75 Å². The van der Waals surface area contributed by atoms with Crippen LogP contribution < -0.4 is 4.74 Å². The third-order valence-corrected chi connectivity index (χ3v) is 2.02. The average Bonchev–Trinajstić information content (AvgIpc) is 2.13. The quantitative estimate of drug-likeness (QED) is 0.906. The Kier molecular flexibility index (Phi) is 4.21. The molecule has 0 radical (unpaired) electrons. The number of aliphatic carboxylic acids is 1. The maximum Gasteiger partial charge on any atom is 0.416 e. The van der Waals surface area contributed by atoms with Gasteiger partial charge in [0.2, 0.25) is 0 Å². The van der Waals surface area contributed by atoms with Gasteiger partial charge in [-0.2, -0.15) is 13.2 Å². The van der Waals surface area contributed by atoms with Crippen molar-refractivity contribution in [2.24, 2.45) is 0 Å². The van der Waals surface area contributed by atoms with Crippen molar-refractivity contribution in [3.05, 3.63) is 29.3 Å². The number of alkyl halides is 3. The molecule has 6 heteroatoms. The first kappa shape index (κ1) is 14.3. The molecule has 0 fully saturated rings. The van der Waals surface area contributed by atoms with Gasteiger partial charge >= 0.3 is 12.1 Å². The lowest BCUT2D eigenvalue weighted by Crippen LogP contribution is -2.11. The number of carboxylic acid groups (broad SMARTS) is 1. The molecule has 0 bridgehead atoms. The van der Waals surface area contributed by atoms with Crippen LogP contribution in [0.2, 0.25) is 0 Å². The van der Waals surface area contributed by atoms with Crippen LogP contribution in [0.25, 0.3) is 0 Å². The molecule has 0 aliphatic heterocycles. The zero-order chi connectivity index (χ0) is 13.9. The van der Waals surface area contributed by atoms with Crippen molar-refractivity contribution in [3.8, 4) is 5.75 Å². The Balaban J connectivity index is 3.15. The number of carbonyl (C=O) groups is 1. The van der Waals surface area contributed by atoms with Crippen LogP contribution in [0, 0.1) is 0 Å². The molecular weight excluding hydrogens is 249 g/mol. The van der Waals surface area contributed by atoms with E-state index in [0.717, 1.165) is 12.1 Å². The van der Waals surface area contributed by atoms with Gasteiger partial charge in [-0.3, -0.25) is 4.79 Å². The third kappa shape index (κ3) is 4.27. The minimum absolute atomic E-state index is 0.0241. The fraction of sp³-hybridized carbons (Fsp3) is 0.417. The van der Waals surface area contributed by atoms with E-state index in [4.69, 9.17) is 9.84 Å². The zero-order valence-corrected chi connectivity index (χ0v) is 9.91. The summed E-state index contributed by atoms with van der Waals surface area (Å²) in [6.07, 6.45) is -5.28. The maximum atomic E-state index is 12.6. The van der Waals surface area contributed by atoms with Crippen molar-refractivity contribution >= 4 is 5.97 Å². The van der Waals surface area contributed by atoms with Gasteiger partial charge in [0, 0.05) is 0 Å². The Labute approximate surface area is 102 Å². The summed E-state index contributed by atoms with van der Waals surface area (Å²) < 4.78 is 43.0. The highest BCUT2D eigenvalue weighted by molar-refractivity contribution is 5.70. The van der Waals surface area contributed by atoms with Gasteiger partial charge in [0.15, 0.2) is 0 Å². The summed E-state index contributed by atoms with van der Waals surface area (Å²) >= 11 is 0. The first-order chi connectivity index (χ1) is 8.18. The molecular formula is C12H13F3O3. The van der Waals surface area contributed by atoms with Gasteiger partial charge in [0.25, 0.3) is 0 Å². The minimum atomic E-state index is -4.52. The summed E-state index contributed by atoms with van der Waals surface area (Å²) in [5, 5.41) is 8.61. The molecule has 0 spiro atoms. The first-order valence-corrected chi connectivity index (χ1v) is 5.28. The number of carboxylic acids is 1. The topological polar surface area (TPSA) is 46.5 Å². The molecule has 18 heavy (non-hydrogen) atoms. The van der Waals surface area contributed by atoms with Crippen molar-refractivity contribution in [1.29, 1.82) is 0 Å². The molecule has 0 amide bonds. The van der Waals surface area contributed by atoms with Crippen LogP contribution in [-0.4, -0.2) is 17.2 Å². The van der Waals surface area contributed by atoms with E-state index in [0.29, 0.717) is 0 Å². The molecule has 0 unspecified atom stereocenters. The van der Waals surface area contributed by atoms with Crippen LogP contribution in [0.4, 0.5) is 13.2 Å². The number of rotatable bonds is 4. The monoisotopic (exact) mass is 262 g/mol. The van der Waals surface area contributed by atoms with E-state index in [9.17, 15) is 18.0 Å². The molecule has 0 saturated heterocycles. The molecule has 0 aromatic heterocycles. The van der Waals surface area contributed by atoms with Crippen molar-refractivity contribution < 1.29 is 27.8 Å². The fourth-order valence-corrected chi connectivity index (χ4v) is 1.44. The summed E-state index contributed by atoms with van der Waals surface area (Å²) in [4.78, 5) is 10.5. The molecule has 1 N–H and O–H groups in total. The van der Waals surface area contributed by atoms with Crippen molar-refractivity contribution in [1.82, 2.24) is 0 Å². The van der Waals surface area contributed by atoms with Crippen molar-refractivity contribution in [2.45, 2.75) is 32.5 Å². The predicted molar refractivity (Wildman–Crippen MR) is 58.5 cm³/mol. The summed E-state index contributed by atoms with van der Waals surface area (Å²) in [5.41, 5.74) is -0.843. The highest BCUT2D eigenvalue weighted by atomic mass is 19.4. The average molecular weight is 262 g/mol. The molecule has 1 rings (SSSR count). The normalized spacial score (nSPS) is 11.7. The number of halogens is 3. The number of hydrogen-bond donors (Lipinski definition) is 1. The highest BCUT2D eigenvalue weighted by Gasteiger charge is 2.31. The van der Waals surface area contributed by atoms with Gasteiger partial charge in [0.05, 0.1) is 18.1 Å². The molecule has 0 aliphatic rings. The summed E-state index contributed by atoms with van der Waals surface area (Å²) in [5.74, 6) is -1.17. The van der Waals surface area contributed by atoms with E-state index in [1.807, 2.05) is 0 Å². The molecule has 3 nitrogen and oxygen atoms in total. The van der Waals surface area contributed by atoms with Crippen LogP contribution in [0.5, 0.6) is 5.75 Å². The Morgan fingerprint density at radius 3 is 2.39 bits per heavy atom. The summed E-state index contributed by atoms with van der Waals surface area (Å²) in [7, 11) is 0. The second-order valence-corrected chi connectivity index (χ2v) is 4.10. The van der Waals surface area contributed by atoms with E-state index in [1.54, 1.807) is 13.8 Å². The van der Waals surface area contributed by atoms with Gasteiger partial charge < -0.3 is 9.84 Å². The number of benzene rings is 1. The fourth-order valence-electron chi connectivity index (χ4n) is 1.44. The van der Waals surface area contributed by atoms with Crippen LogP contribution in [-0.2, 0) is 17.4 Å². The van der Waals surface area contributed by atoms with Gasteiger partial charge in [-0.1, -0.05) is 0 Å². The molecule has 0 saturated carbocycles. The second-order valence-electron chi connectivity index (χ2n) is 4.10. The Morgan fingerprint density at radius 1 is 1.33 bits per heavy atom. The summed E-state index contributed by atoms with van der Waals surface area (Å²) in [6.45, 7) is 3.36. The molecule has 0 atom stereocenters. The lowest BCUT2D eigenvalue weighted by Gasteiger charge is -2.14. The van der Waals surface area contributed by atoms with Crippen LogP contribution in [0.3, 0.4) is 0 Å². The molecule has 0 aliphatic carbocycles. The third-order valence-electron chi connectivity index (χ3n) is 2.02. The highest BCUT2D eigenvalue weighted by Crippen LogP contribution is 2.33. The van der Waals surface area contributed by atoms with Gasteiger partial charge in [-0.25, -0.2) is 0 Å². The predicted octanol–water partition coefficient (Wildman–Crippen LogP) is 3.12. The largest absolute Gasteiger partial charge is 0.491 e. The number of ether oxygens (including phenoxy) is 1. The Morgan fingerprint density at radius 2 is 1.94 bits per heavy atom. The summed E-state index contributed by atoms with van der Waals surface area (Å²) in [6, 6.07) is 3.00. The first-order valence-electron chi connectivity index (χ1n) is 5.28. The zero-order valence-electron chi connectivity index (χ0n) is 9.91. The standard InChI is InChI=1S/C12H13F3O3/c1-7(2)18-10-4-8(5-11(16)17)3-9(6-10)12(13,14)15/h3-4,6-7H,5H2,1-2H3,(H,16,17). The van der Waals surface area contributed by atoms with Crippen LogP contribution in [0.1, 0.15) is 25.0 Å². The van der Waals surface area contributed by atoms with Gasteiger partial charge in [-0.15, -0.1) is 0 Å². The lowest BCUT2D eigenvalue weighted by atomic mass is 10.1. The Bertz CT molecular complexity index is 439. The lowest BCUT2D eigenvalue weighted by molar-refractivity contribution is -0.139. The van der Waals surface area contributed by atoms with E-state index in [2.05, 4.69) is 0 Å². The second kappa shape index (κ2) is 5.29. The molecule has 100 valence electrons. The molecule has 1 aromatic carbocycles. The van der Waals surface area contributed by atoms with Crippen LogP contribution >= 0.6 is 0 Å². The van der Waals surface area contributed by atoms with Crippen LogP contribution in [0.15, 0.2) is 18.2 Å². The van der Waals surface area contributed by atoms with Crippen molar-refractivity contribution in [3.63, 3.8) is 0 Å². The minimum Gasteiger partial charge on any atom is -0.491 e. The number of hydrogen-bond acceptors (Lipinski definition) is 2. The van der Waals surface area contributed by atoms with Crippen molar-refractivity contribution in [2.75, 3.05) is 0 Å². The molecule has 1 aromatic rings. The maximum absolute atomic E-state index is 12.6. The van der Waals surface area contributed by atoms with E-state index < -0.39 is 24.1 Å². The smallest absolute Gasteiger partial charge is 0.416 e. The molecule has 0 heterocycles. The Hall–Kier alpha value is -1.72.